The predicted molar refractivity (Wildman–Crippen MR) is 71.3 cm³/mol. The van der Waals surface area contributed by atoms with Crippen LogP contribution in [0.1, 0.15) is 19.5 Å². The van der Waals surface area contributed by atoms with Crippen LogP contribution in [0.15, 0.2) is 24.4 Å². The fraction of sp³-hybridized carbons (Fsp3) is 0.385. The highest BCUT2D eigenvalue weighted by atomic mass is 16.5. The van der Waals surface area contributed by atoms with E-state index in [9.17, 15) is 0 Å². The minimum Gasteiger partial charge on any atom is -0.478 e. The van der Waals surface area contributed by atoms with Gasteiger partial charge in [0.15, 0.2) is 0 Å². The van der Waals surface area contributed by atoms with Crippen molar-refractivity contribution in [1.82, 2.24) is 14.8 Å². The maximum Gasteiger partial charge on any atom is 0.215 e. The number of rotatable bonds is 5. The zero-order valence-electron chi connectivity index (χ0n) is 11.0. The monoisotopic (exact) mass is 246 g/mol. The molecule has 0 spiro atoms. The number of ether oxygens (including phenoxy) is 1. The van der Waals surface area contributed by atoms with Gasteiger partial charge < -0.3 is 10.1 Å². The van der Waals surface area contributed by atoms with Crippen LogP contribution in [0, 0.1) is 0 Å². The number of aryl methyl sites for hydroxylation is 2. The molecule has 0 aliphatic rings. The average Bonchev–Trinajstić information content (AvgIpc) is 2.70. The van der Waals surface area contributed by atoms with Crippen LogP contribution < -0.4 is 10.1 Å². The molecular weight excluding hydrogens is 228 g/mol. The highest BCUT2D eigenvalue weighted by molar-refractivity contribution is 5.58. The van der Waals surface area contributed by atoms with Crippen LogP contribution in [-0.4, -0.2) is 21.4 Å². The van der Waals surface area contributed by atoms with Gasteiger partial charge in [-0.05, 0) is 19.4 Å². The normalized spacial score (nSPS) is 10.4. The summed E-state index contributed by atoms with van der Waals surface area (Å²) in [7, 11) is 1.91. The van der Waals surface area contributed by atoms with Gasteiger partial charge in [-0.15, -0.1) is 0 Å². The molecule has 0 aromatic carbocycles. The molecule has 0 atom stereocenters. The fourth-order valence-corrected chi connectivity index (χ4v) is 1.75. The van der Waals surface area contributed by atoms with E-state index in [1.54, 1.807) is 4.68 Å². The zero-order chi connectivity index (χ0) is 13.0. The topological polar surface area (TPSA) is 52.0 Å². The highest BCUT2D eigenvalue weighted by Gasteiger charge is 2.07. The van der Waals surface area contributed by atoms with Crippen molar-refractivity contribution >= 4 is 11.5 Å². The highest BCUT2D eigenvalue weighted by Crippen LogP contribution is 2.20. The van der Waals surface area contributed by atoms with Crippen molar-refractivity contribution in [3.05, 3.63) is 30.1 Å². The molecule has 0 radical (unpaired) electrons. The van der Waals surface area contributed by atoms with Gasteiger partial charge in [-0.25, -0.2) is 0 Å². The van der Waals surface area contributed by atoms with Crippen LogP contribution in [0.2, 0.25) is 0 Å². The summed E-state index contributed by atoms with van der Waals surface area (Å²) in [6.45, 7) is 4.64. The quantitative estimate of drug-likeness (QED) is 0.880. The van der Waals surface area contributed by atoms with E-state index < -0.39 is 0 Å². The number of nitrogens with one attached hydrogen (secondary N) is 1. The Bertz CT molecular complexity index is 521. The summed E-state index contributed by atoms with van der Waals surface area (Å²) in [5, 5.41) is 7.65. The molecule has 2 rings (SSSR count). The third-order valence-electron chi connectivity index (χ3n) is 2.52. The summed E-state index contributed by atoms with van der Waals surface area (Å²) in [5.74, 6) is 1.40. The Hall–Kier alpha value is -2.04. The lowest BCUT2D eigenvalue weighted by atomic mass is 10.3. The Morgan fingerprint density at radius 1 is 1.33 bits per heavy atom. The van der Waals surface area contributed by atoms with Crippen LogP contribution >= 0.6 is 0 Å². The second-order valence-electron chi connectivity index (χ2n) is 3.94. The number of nitrogens with zero attached hydrogens (tertiary/aromatic N) is 3. The summed E-state index contributed by atoms with van der Waals surface area (Å²) in [4.78, 5) is 4.37. The van der Waals surface area contributed by atoms with E-state index in [1.165, 1.54) is 0 Å². The van der Waals surface area contributed by atoms with Gasteiger partial charge in [-0.2, -0.15) is 10.1 Å². The summed E-state index contributed by atoms with van der Waals surface area (Å²) in [6, 6.07) is 5.68. The SMILES string of the molecule is CCOc1cccc(Nc2cn(C)nc2CC)n1. The van der Waals surface area contributed by atoms with Crippen molar-refractivity contribution in [2.45, 2.75) is 20.3 Å². The first kappa shape index (κ1) is 12.4. The molecular formula is C13H18N4O. The Kier molecular flexibility index (Phi) is 3.82. The van der Waals surface area contributed by atoms with Gasteiger partial charge >= 0.3 is 0 Å². The summed E-state index contributed by atoms with van der Waals surface area (Å²) in [6.07, 6.45) is 2.84. The Labute approximate surface area is 107 Å². The summed E-state index contributed by atoms with van der Waals surface area (Å²) >= 11 is 0. The molecule has 2 heterocycles. The molecule has 5 heteroatoms. The van der Waals surface area contributed by atoms with Gasteiger partial charge in [0.25, 0.3) is 0 Å². The lowest BCUT2D eigenvalue weighted by molar-refractivity contribution is 0.327. The van der Waals surface area contributed by atoms with Crippen LogP contribution in [0.25, 0.3) is 0 Å². The average molecular weight is 246 g/mol. The van der Waals surface area contributed by atoms with Crippen LogP contribution in [0.5, 0.6) is 5.88 Å². The molecule has 0 amide bonds. The predicted octanol–water partition coefficient (Wildman–Crippen LogP) is 2.52. The molecule has 96 valence electrons. The summed E-state index contributed by atoms with van der Waals surface area (Å²) < 4.78 is 7.17. The van der Waals surface area contributed by atoms with Crippen LogP contribution in [0.4, 0.5) is 11.5 Å². The molecule has 5 nitrogen and oxygen atoms in total. The van der Waals surface area contributed by atoms with Gasteiger partial charge in [0, 0.05) is 19.3 Å². The minimum absolute atomic E-state index is 0.615. The molecule has 2 aromatic heterocycles. The molecule has 0 fully saturated rings. The molecule has 0 saturated carbocycles. The van der Waals surface area contributed by atoms with E-state index >= 15 is 0 Å². The Balaban J connectivity index is 2.19. The molecule has 0 bridgehead atoms. The largest absolute Gasteiger partial charge is 0.478 e. The Morgan fingerprint density at radius 2 is 2.17 bits per heavy atom. The first-order valence-corrected chi connectivity index (χ1v) is 6.12. The lowest BCUT2D eigenvalue weighted by Gasteiger charge is -2.07. The minimum atomic E-state index is 0.615. The third-order valence-corrected chi connectivity index (χ3v) is 2.52. The number of aromatic nitrogens is 3. The van der Waals surface area contributed by atoms with Crippen molar-refractivity contribution < 1.29 is 4.74 Å². The Morgan fingerprint density at radius 3 is 2.89 bits per heavy atom. The van der Waals surface area contributed by atoms with Crippen molar-refractivity contribution in [2.24, 2.45) is 7.05 Å². The van der Waals surface area contributed by atoms with Crippen molar-refractivity contribution in [2.75, 3.05) is 11.9 Å². The van der Waals surface area contributed by atoms with E-state index in [2.05, 4.69) is 22.3 Å². The first-order chi connectivity index (χ1) is 8.72. The van der Waals surface area contributed by atoms with E-state index in [-0.39, 0.29) is 0 Å². The second-order valence-corrected chi connectivity index (χ2v) is 3.94. The molecule has 0 aliphatic carbocycles. The van der Waals surface area contributed by atoms with Gasteiger partial charge in [-0.3, -0.25) is 4.68 Å². The lowest BCUT2D eigenvalue weighted by Crippen LogP contribution is -1.98. The second kappa shape index (κ2) is 5.53. The smallest absolute Gasteiger partial charge is 0.215 e. The van der Waals surface area contributed by atoms with E-state index in [0.29, 0.717) is 12.5 Å². The van der Waals surface area contributed by atoms with Gasteiger partial charge in [0.05, 0.1) is 18.0 Å². The summed E-state index contributed by atoms with van der Waals surface area (Å²) in [5.41, 5.74) is 2.02. The van der Waals surface area contributed by atoms with E-state index in [0.717, 1.165) is 23.6 Å². The molecule has 0 saturated heterocycles. The molecule has 18 heavy (non-hydrogen) atoms. The zero-order valence-corrected chi connectivity index (χ0v) is 11.0. The van der Waals surface area contributed by atoms with Gasteiger partial charge in [0.2, 0.25) is 5.88 Å². The maximum absolute atomic E-state index is 5.37. The van der Waals surface area contributed by atoms with Crippen molar-refractivity contribution in [3.8, 4) is 5.88 Å². The number of anilines is 2. The standard InChI is InChI=1S/C13H18N4O/c1-4-10-11(9-17(3)16-10)14-12-7-6-8-13(15-12)18-5-2/h6-9H,4-5H2,1-3H3,(H,14,15). The fourth-order valence-electron chi connectivity index (χ4n) is 1.75. The van der Waals surface area contributed by atoms with Gasteiger partial charge in [0.1, 0.15) is 5.82 Å². The molecule has 1 N–H and O–H groups in total. The molecule has 0 unspecified atom stereocenters. The molecule has 2 aromatic rings. The van der Waals surface area contributed by atoms with Crippen molar-refractivity contribution in [1.29, 1.82) is 0 Å². The number of pyridine rings is 1. The number of hydrogen-bond acceptors (Lipinski definition) is 4. The van der Waals surface area contributed by atoms with Crippen LogP contribution in [-0.2, 0) is 13.5 Å². The van der Waals surface area contributed by atoms with Crippen LogP contribution in [0.3, 0.4) is 0 Å². The first-order valence-electron chi connectivity index (χ1n) is 6.12. The van der Waals surface area contributed by atoms with E-state index in [4.69, 9.17) is 4.74 Å². The maximum atomic E-state index is 5.37. The number of hydrogen-bond donors (Lipinski definition) is 1. The molecule has 0 aliphatic heterocycles. The third kappa shape index (κ3) is 2.80. The van der Waals surface area contributed by atoms with Gasteiger partial charge in [-0.1, -0.05) is 13.0 Å². The van der Waals surface area contributed by atoms with E-state index in [1.807, 2.05) is 38.4 Å². The van der Waals surface area contributed by atoms with Crippen molar-refractivity contribution in [3.63, 3.8) is 0 Å².